The van der Waals surface area contributed by atoms with Gasteiger partial charge in [-0.2, -0.15) is 0 Å². The van der Waals surface area contributed by atoms with Crippen LogP contribution in [-0.4, -0.2) is 22.8 Å². The molecule has 0 saturated heterocycles. The van der Waals surface area contributed by atoms with Crippen molar-refractivity contribution in [2.24, 2.45) is 0 Å². The number of nitrogens with zero attached hydrogens (tertiary/aromatic N) is 2. The molecular formula is C19H17Cl2N3O3. The van der Waals surface area contributed by atoms with Gasteiger partial charge in [-0.1, -0.05) is 40.9 Å². The van der Waals surface area contributed by atoms with E-state index in [0.29, 0.717) is 18.1 Å². The van der Waals surface area contributed by atoms with E-state index >= 15 is 0 Å². The molecule has 2 aromatic carbocycles. The van der Waals surface area contributed by atoms with Crippen molar-refractivity contribution in [2.75, 3.05) is 11.9 Å². The molecule has 0 spiro atoms. The van der Waals surface area contributed by atoms with E-state index in [-0.39, 0.29) is 21.4 Å². The molecule has 0 saturated carbocycles. The van der Waals surface area contributed by atoms with Crippen LogP contribution in [0.3, 0.4) is 0 Å². The van der Waals surface area contributed by atoms with E-state index in [1.165, 1.54) is 12.1 Å². The number of ether oxygens (including phenoxy) is 1. The number of nitrogens with one attached hydrogen (secondary N) is 1. The van der Waals surface area contributed by atoms with E-state index in [2.05, 4.69) is 15.6 Å². The molecular weight excluding hydrogens is 389 g/mol. The first-order chi connectivity index (χ1) is 12.9. The quantitative estimate of drug-likeness (QED) is 0.621. The zero-order chi connectivity index (χ0) is 19.6. The molecule has 0 unspecified atom stereocenters. The van der Waals surface area contributed by atoms with Crippen LogP contribution >= 0.6 is 23.2 Å². The normalized spacial score (nSPS) is 10.7. The molecule has 0 aliphatic carbocycles. The van der Waals surface area contributed by atoms with Crippen LogP contribution in [0.2, 0.25) is 10.0 Å². The van der Waals surface area contributed by atoms with E-state index < -0.39 is 5.91 Å². The summed E-state index contributed by atoms with van der Waals surface area (Å²) in [7, 11) is 0. The Labute approximate surface area is 166 Å². The number of hydrogen-bond acceptors (Lipinski definition) is 5. The highest BCUT2D eigenvalue weighted by molar-refractivity contribution is 6.37. The minimum atomic E-state index is -0.441. The fourth-order valence-corrected chi connectivity index (χ4v) is 3.19. The molecule has 0 fully saturated rings. The lowest BCUT2D eigenvalue weighted by Crippen LogP contribution is -2.13. The van der Waals surface area contributed by atoms with E-state index in [1.807, 2.05) is 39.0 Å². The lowest BCUT2D eigenvalue weighted by Gasteiger charge is -2.10. The molecule has 140 valence electrons. The first kappa shape index (κ1) is 19.2. The fraction of sp³-hybridized carbons (Fsp3) is 0.211. The zero-order valence-electron chi connectivity index (χ0n) is 15.0. The Kier molecular flexibility index (Phi) is 5.68. The average Bonchev–Trinajstić information content (AvgIpc) is 3.07. The number of halogens is 2. The number of aromatic nitrogens is 2. The molecule has 0 atom stereocenters. The van der Waals surface area contributed by atoms with Gasteiger partial charge < -0.3 is 10.1 Å². The number of anilines is 1. The molecule has 3 rings (SSSR count). The summed E-state index contributed by atoms with van der Waals surface area (Å²) in [4.78, 5) is 12.6. The molecule has 27 heavy (non-hydrogen) atoms. The second kappa shape index (κ2) is 7.98. The molecule has 8 heteroatoms. The maximum Gasteiger partial charge on any atom is 0.257 e. The second-order valence-corrected chi connectivity index (χ2v) is 6.75. The van der Waals surface area contributed by atoms with Crippen LogP contribution < -0.4 is 10.1 Å². The highest BCUT2D eigenvalue weighted by Gasteiger charge is 2.19. The summed E-state index contributed by atoms with van der Waals surface area (Å²) in [6, 6.07) is 8.89. The van der Waals surface area contributed by atoms with Gasteiger partial charge in [-0.05, 0) is 54.8 Å². The van der Waals surface area contributed by atoms with Crippen molar-refractivity contribution >= 4 is 34.9 Å². The third-order valence-corrected chi connectivity index (χ3v) is 4.48. The summed E-state index contributed by atoms with van der Waals surface area (Å²) in [5.74, 6) is 0.121. The van der Waals surface area contributed by atoms with Gasteiger partial charge in [0.05, 0.1) is 16.7 Å². The molecule has 0 bridgehead atoms. The third kappa shape index (κ3) is 4.07. The largest absolute Gasteiger partial charge is 0.491 e. The Balaban J connectivity index is 1.90. The molecule has 0 aliphatic heterocycles. The lowest BCUT2D eigenvalue weighted by molar-refractivity contribution is 0.102. The van der Waals surface area contributed by atoms with Crippen LogP contribution in [-0.2, 0) is 0 Å². The molecule has 3 aromatic rings. The monoisotopic (exact) mass is 405 g/mol. The number of amides is 1. The minimum Gasteiger partial charge on any atom is -0.491 e. The van der Waals surface area contributed by atoms with E-state index in [4.69, 9.17) is 32.6 Å². The number of aryl methyl sites for hydroxylation is 2. The maximum absolute atomic E-state index is 12.6. The Morgan fingerprint density at radius 2 is 1.85 bits per heavy atom. The van der Waals surface area contributed by atoms with Gasteiger partial charge in [-0.3, -0.25) is 4.79 Å². The van der Waals surface area contributed by atoms with Crippen LogP contribution in [0.4, 0.5) is 5.82 Å². The molecule has 1 heterocycles. The minimum absolute atomic E-state index is 0.217. The highest BCUT2D eigenvalue weighted by Crippen LogP contribution is 2.35. The van der Waals surface area contributed by atoms with Gasteiger partial charge in [0.1, 0.15) is 0 Å². The summed E-state index contributed by atoms with van der Waals surface area (Å²) < 4.78 is 10.2. The standard InChI is InChI=1S/C19H17Cl2N3O3/c1-4-26-17-14(20)8-12(9-15(17)21)19(25)22-18-16(23-27-24-18)13-7-10(2)5-6-11(13)3/h5-9H,4H2,1-3H3,(H,22,24,25). The number of carbonyl (C=O) groups is 1. The van der Waals surface area contributed by atoms with Crippen molar-refractivity contribution in [3.05, 3.63) is 57.1 Å². The van der Waals surface area contributed by atoms with E-state index in [9.17, 15) is 4.79 Å². The topological polar surface area (TPSA) is 77.2 Å². The second-order valence-electron chi connectivity index (χ2n) is 5.94. The van der Waals surface area contributed by atoms with Crippen LogP contribution in [0.15, 0.2) is 35.0 Å². The number of benzene rings is 2. The predicted octanol–water partition coefficient (Wildman–Crippen LogP) is 5.31. The van der Waals surface area contributed by atoms with Crippen LogP contribution in [0, 0.1) is 13.8 Å². The van der Waals surface area contributed by atoms with Crippen molar-refractivity contribution in [3.8, 4) is 17.0 Å². The smallest absolute Gasteiger partial charge is 0.257 e. The van der Waals surface area contributed by atoms with Crippen LogP contribution in [0.1, 0.15) is 28.4 Å². The molecule has 1 N–H and O–H groups in total. The van der Waals surface area contributed by atoms with Crippen molar-refractivity contribution in [1.29, 1.82) is 0 Å². The van der Waals surface area contributed by atoms with Crippen molar-refractivity contribution in [1.82, 2.24) is 10.3 Å². The van der Waals surface area contributed by atoms with Gasteiger partial charge >= 0.3 is 0 Å². The molecule has 1 amide bonds. The lowest BCUT2D eigenvalue weighted by atomic mass is 10.0. The van der Waals surface area contributed by atoms with Gasteiger partial charge in [0.15, 0.2) is 11.4 Å². The molecule has 6 nitrogen and oxygen atoms in total. The first-order valence-corrected chi connectivity index (χ1v) is 8.99. The Morgan fingerprint density at radius 3 is 2.52 bits per heavy atom. The van der Waals surface area contributed by atoms with Crippen LogP contribution in [0.25, 0.3) is 11.3 Å². The van der Waals surface area contributed by atoms with E-state index in [0.717, 1.165) is 16.7 Å². The van der Waals surface area contributed by atoms with Crippen molar-refractivity contribution in [3.63, 3.8) is 0 Å². The van der Waals surface area contributed by atoms with Gasteiger partial charge in [0.2, 0.25) is 5.82 Å². The van der Waals surface area contributed by atoms with E-state index in [1.54, 1.807) is 0 Å². The van der Waals surface area contributed by atoms with Crippen molar-refractivity contribution in [2.45, 2.75) is 20.8 Å². The maximum atomic E-state index is 12.6. The first-order valence-electron chi connectivity index (χ1n) is 8.24. The van der Waals surface area contributed by atoms with Gasteiger partial charge in [-0.15, -0.1) is 0 Å². The molecule has 1 aromatic heterocycles. The van der Waals surface area contributed by atoms with Gasteiger partial charge in [-0.25, -0.2) is 4.63 Å². The summed E-state index contributed by atoms with van der Waals surface area (Å²) in [6.07, 6.45) is 0. The number of rotatable bonds is 5. The van der Waals surface area contributed by atoms with Gasteiger partial charge in [0, 0.05) is 11.1 Å². The Bertz CT molecular complexity index is 979. The summed E-state index contributed by atoms with van der Waals surface area (Å²) in [5.41, 5.74) is 3.59. The highest BCUT2D eigenvalue weighted by atomic mass is 35.5. The Hall–Kier alpha value is -2.57. The summed E-state index contributed by atoms with van der Waals surface area (Å²) in [5, 5.41) is 10.9. The van der Waals surface area contributed by atoms with Crippen molar-refractivity contribution < 1.29 is 14.2 Å². The van der Waals surface area contributed by atoms with Gasteiger partial charge in [0.25, 0.3) is 5.91 Å². The van der Waals surface area contributed by atoms with Crippen LogP contribution in [0.5, 0.6) is 5.75 Å². The molecule has 0 aliphatic rings. The average molecular weight is 406 g/mol. The number of carbonyl (C=O) groups excluding carboxylic acids is 1. The third-order valence-electron chi connectivity index (χ3n) is 3.92. The summed E-state index contributed by atoms with van der Waals surface area (Å²) in [6.45, 7) is 6.15. The number of hydrogen-bond donors (Lipinski definition) is 1. The summed E-state index contributed by atoms with van der Waals surface area (Å²) >= 11 is 12.3. The zero-order valence-corrected chi connectivity index (χ0v) is 16.5. The predicted molar refractivity (Wildman–Crippen MR) is 105 cm³/mol. The Morgan fingerprint density at radius 1 is 1.15 bits per heavy atom. The SMILES string of the molecule is CCOc1c(Cl)cc(C(=O)Nc2nonc2-c2cc(C)ccc2C)cc1Cl. The fourth-order valence-electron chi connectivity index (χ4n) is 2.59. The molecule has 0 radical (unpaired) electrons.